The Balaban J connectivity index is 1.96. The third-order valence-electron chi connectivity index (χ3n) is 3.86. The van der Waals surface area contributed by atoms with Gasteiger partial charge in [-0.2, -0.15) is 0 Å². The van der Waals surface area contributed by atoms with Crippen LogP contribution < -0.4 is 10.9 Å². The molecular formula is C19H16FNO3. The van der Waals surface area contributed by atoms with Crippen LogP contribution in [0.1, 0.15) is 29.8 Å². The molecule has 0 saturated carbocycles. The van der Waals surface area contributed by atoms with Gasteiger partial charge >= 0.3 is 5.63 Å². The van der Waals surface area contributed by atoms with Gasteiger partial charge < -0.3 is 9.73 Å². The van der Waals surface area contributed by atoms with Gasteiger partial charge in [0.15, 0.2) is 0 Å². The number of rotatable bonds is 3. The maximum atomic E-state index is 14.0. The van der Waals surface area contributed by atoms with E-state index in [0.717, 1.165) is 0 Å². The van der Waals surface area contributed by atoms with Crippen molar-refractivity contribution in [3.8, 4) is 0 Å². The molecule has 1 amide bonds. The Morgan fingerprint density at radius 2 is 1.75 bits per heavy atom. The summed E-state index contributed by atoms with van der Waals surface area (Å²) in [6, 6.07) is 14.6. The molecule has 24 heavy (non-hydrogen) atoms. The molecule has 0 unspecified atom stereocenters. The molecule has 0 aliphatic heterocycles. The topological polar surface area (TPSA) is 59.3 Å². The molecule has 1 N–H and O–H groups in total. The van der Waals surface area contributed by atoms with Crippen LogP contribution in [0.3, 0.4) is 0 Å². The highest BCUT2D eigenvalue weighted by molar-refractivity contribution is 5.97. The predicted molar refractivity (Wildman–Crippen MR) is 89.4 cm³/mol. The lowest BCUT2D eigenvalue weighted by Gasteiger charge is -2.27. The maximum absolute atomic E-state index is 14.0. The number of hydrogen-bond donors (Lipinski definition) is 1. The van der Waals surface area contributed by atoms with E-state index in [1.54, 1.807) is 56.3 Å². The van der Waals surface area contributed by atoms with Crippen LogP contribution in [0.2, 0.25) is 0 Å². The summed E-state index contributed by atoms with van der Waals surface area (Å²) >= 11 is 0. The smallest absolute Gasteiger partial charge is 0.349 e. The summed E-state index contributed by atoms with van der Waals surface area (Å²) in [7, 11) is 0. The van der Waals surface area contributed by atoms with Crippen LogP contribution in [0.15, 0.2) is 63.8 Å². The standard InChI is InChI=1S/C19H16FNO3/c1-19(2,14-8-4-5-9-15(14)20)21-17(22)13-11-12-7-3-6-10-16(12)24-18(13)23/h3-11H,1-2H3,(H,21,22). The number of nitrogens with one attached hydrogen (secondary N) is 1. The molecule has 0 aliphatic rings. The van der Waals surface area contributed by atoms with E-state index in [4.69, 9.17) is 4.42 Å². The molecule has 0 spiro atoms. The summed E-state index contributed by atoms with van der Waals surface area (Å²) in [5, 5.41) is 3.34. The molecule has 0 atom stereocenters. The van der Waals surface area contributed by atoms with Crippen molar-refractivity contribution in [2.45, 2.75) is 19.4 Å². The van der Waals surface area contributed by atoms with Crippen LogP contribution >= 0.6 is 0 Å². The fourth-order valence-corrected chi connectivity index (χ4v) is 2.61. The fourth-order valence-electron chi connectivity index (χ4n) is 2.61. The fraction of sp³-hybridized carbons (Fsp3) is 0.158. The van der Waals surface area contributed by atoms with Crippen molar-refractivity contribution in [3.05, 3.63) is 82.0 Å². The van der Waals surface area contributed by atoms with Crippen molar-refractivity contribution in [3.63, 3.8) is 0 Å². The molecule has 2 aromatic carbocycles. The zero-order chi connectivity index (χ0) is 17.3. The highest BCUT2D eigenvalue weighted by Gasteiger charge is 2.27. The van der Waals surface area contributed by atoms with Gasteiger partial charge in [0, 0.05) is 10.9 Å². The van der Waals surface area contributed by atoms with Crippen LogP contribution in [0.4, 0.5) is 4.39 Å². The maximum Gasteiger partial charge on any atom is 0.349 e. The zero-order valence-corrected chi connectivity index (χ0v) is 13.3. The number of benzene rings is 2. The minimum atomic E-state index is -0.986. The van der Waals surface area contributed by atoms with Gasteiger partial charge in [-0.25, -0.2) is 9.18 Å². The van der Waals surface area contributed by atoms with E-state index in [1.807, 2.05) is 0 Å². The monoisotopic (exact) mass is 325 g/mol. The first-order chi connectivity index (χ1) is 11.4. The third kappa shape index (κ3) is 2.93. The van der Waals surface area contributed by atoms with Crippen LogP contribution in [-0.4, -0.2) is 5.91 Å². The van der Waals surface area contributed by atoms with Crippen molar-refractivity contribution in [1.82, 2.24) is 5.32 Å². The molecule has 4 nitrogen and oxygen atoms in total. The number of carbonyl (C=O) groups excluding carboxylic acids is 1. The van der Waals surface area contributed by atoms with Gasteiger partial charge in [-0.15, -0.1) is 0 Å². The molecule has 0 fully saturated rings. The van der Waals surface area contributed by atoms with Gasteiger partial charge in [0.2, 0.25) is 0 Å². The normalized spacial score (nSPS) is 11.5. The Morgan fingerprint density at radius 3 is 2.50 bits per heavy atom. The predicted octanol–water partition coefficient (Wildman–Crippen LogP) is 3.60. The van der Waals surface area contributed by atoms with Gasteiger partial charge in [0.1, 0.15) is 17.0 Å². The molecule has 0 saturated heterocycles. The Kier molecular flexibility index (Phi) is 3.93. The van der Waals surface area contributed by atoms with Gasteiger partial charge in [-0.1, -0.05) is 36.4 Å². The lowest BCUT2D eigenvalue weighted by atomic mass is 9.93. The highest BCUT2D eigenvalue weighted by Crippen LogP contribution is 2.23. The summed E-state index contributed by atoms with van der Waals surface area (Å²) < 4.78 is 19.2. The lowest BCUT2D eigenvalue weighted by molar-refractivity contribution is 0.0907. The Labute approximate surface area is 137 Å². The van der Waals surface area contributed by atoms with E-state index in [1.165, 1.54) is 12.1 Å². The van der Waals surface area contributed by atoms with Crippen molar-refractivity contribution >= 4 is 16.9 Å². The number of amides is 1. The molecule has 1 aromatic heterocycles. The Hall–Kier alpha value is -2.95. The molecule has 0 aliphatic carbocycles. The van der Waals surface area contributed by atoms with Crippen LogP contribution in [0.5, 0.6) is 0 Å². The van der Waals surface area contributed by atoms with Crippen LogP contribution in [-0.2, 0) is 5.54 Å². The van der Waals surface area contributed by atoms with Crippen molar-refractivity contribution in [1.29, 1.82) is 0 Å². The molecule has 0 bridgehead atoms. The first-order valence-electron chi connectivity index (χ1n) is 7.49. The number of halogens is 1. The molecule has 3 rings (SSSR count). The highest BCUT2D eigenvalue weighted by atomic mass is 19.1. The summed E-state index contributed by atoms with van der Waals surface area (Å²) in [4.78, 5) is 24.6. The Bertz CT molecular complexity index is 976. The van der Waals surface area contributed by atoms with E-state index in [9.17, 15) is 14.0 Å². The summed E-state index contributed by atoms with van der Waals surface area (Å²) in [5.74, 6) is -1.03. The van der Waals surface area contributed by atoms with Gasteiger partial charge in [0.25, 0.3) is 5.91 Å². The van der Waals surface area contributed by atoms with E-state index in [-0.39, 0.29) is 5.56 Å². The van der Waals surface area contributed by atoms with Crippen molar-refractivity contribution in [2.24, 2.45) is 0 Å². The molecule has 1 heterocycles. The molecule has 122 valence electrons. The zero-order valence-electron chi connectivity index (χ0n) is 13.3. The summed E-state index contributed by atoms with van der Waals surface area (Å²) in [6.07, 6.45) is 0. The van der Waals surface area contributed by atoms with E-state index >= 15 is 0 Å². The number of para-hydroxylation sites is 1. The molecular weight excluding hydrogens is 309 g/mol. The SMILES string of the molecule is CC(C)(NC(=O)c1cc2ccccc2oc1=O)c1ccccc1F. The van der Waals surface area contributed by atoms with Crippen LogP contribution in [0.25, 0.3) is 11.0 Å². The van der Waals surface area contributed by atoms with Crippen molar-refractivity contribution < 1.29 is 13.6 Å². The summed E-state index contributed by atoms with van der Waals surface area (Å²) in [5.41, 5.74) is -1.08. The van der Waals surface area contributed by atoms with Gasteiger partial charge in [-0.05, 0) is 32.0 Å². The quantitative estimate of drug-likeness (QED) is 0.749. The second-order valence-electron chi connectivity index (χ2n) is 6.04. The third-order valence-corrected chi connectivity index (χ3v) is 3.86. The molecule has 3 aromatic rings. The average molecular weight is 325 g/mol. The van der Waals surface area contributed by atoms with E-state index in [0.29, 0.717) is 16.5 Å². The Morgan fingerprint density at radius 1 is 1.08 bits per heavy atom. The van der Waals surface area contributed by atoms with Gasteiger partial charge in [0.05, 0.1) is 5.54 Å². The number of fused-ring (bicyclic) bond motifs is 1. The first kappa shape index (κ1) is 15.9. The largest absolute Gasteiger partial charge is 0.422 e. The summed E-state index contributed by atoms with van der Waals surface area (Å²) in [6.45, 7) is 3.35. The number of hydrogen-bond acceptors (Lipinski definition) is 3. The second kappa shape index (κ2) is 5.92. The molecule has 5 heteroatoms. The number of carbonyl (C=O) groups is 1. The second-order valence-corrected chi connectivity index (χ2v) is 6.04. The minimum Gasteiger partial charge on any atom is -0.422 e. The van der Waals surface area contributed by atoms with Gasteiger partial charge in [-0.3, -0.25) is 4.79 Å². The molecule has 0 radical (unpaired) electrons. The van der Waals surface area contributed by atoms with E-state index < -0.39 is 22.9 Å². The lowest BCUT2D eigenvalue weighted by Crippen LogP contribution is -2.43. The first-order valence-corrected chi connectivity index (χ1v) is 7.49. The van der Waals surface area contributed by atoms with E-state index in [2.05, 4.69) is 5.32 Å². The van der Waals surface area contributed by atoms with Crippen LogP contribution in [0, 0.1) is 5.82 Å². The minimum absolute atomic E-state index is 0.113. The average Bonchev–Trinajstić information content (AvgIpc) is 2.54. The van der Waals surface area contributed by atoms with Crippen molar-refractivity contribution in [2.75, 3.05) is 0 Å².